The molecule has 0 aromatic heterocycles. The smallest absolute Gasteiger partial charge is 0.103 e. The highest BCUT2D eigenvalue weighted by Gasteiger charge is 2.09. The maximum Gasteiger partial charge on any atom is 0.103 e. The maximum absolute atomic E-state index is 5.97. The predicted molar refractivity (Wildman–Crippen MR) is 77.5 cm³/mol. The summed E-state index contributed by atoms with van der Waals surface area (Å²) in [6.07, 6.45) is 2.25. The van der Waals surface area contributed by atoms with E-state index in [0.717, 1.165) is 24.4 Å². The van der Waals surface area contributed by atoms with Crippen molar-refractivity contribution in [3.05, 3.63) is 28.2 Å². The lowest BCUT2D eigenvalue weighted by Crippen LogP contribution is -2.20. The summed E-state index contributed by atoms with van der Waals surface area (Å²) in [5, 5.41) is 4.40. The van der Waals surface area contributed by atoms with E-state index in [1.54, 1.807) is 13.1 Å². The van der Waals surface area contributed by atoms with Gasteiger partial charge in [-0.25, -0.2) is 0 Å². The first-order valence-electron chi connectivity index (χ1n) is 5.77. The van der Waals surface area contributed by atoms with E-state index in [0.29, 0.717) is 16.0 Å². The third-order valence-electron chi connectivity index (χ3n) is 2.62. The van der Waals surface area contributed by atoms with Crippen LogP contribution in [0.2, 0.25) is 10.0 Å². The minimum Gasteiger partial charge on any atom is -0.344 e. The number of aliphatic imine (C=N–C) groups is 1. The lowest BCUT2D eigenvalue weighted by molar-refractivity contribution is 0.664. The number of nitrogens with one attached hydrogen (secondary N) is 1. The highest BCUT2D eigenvalue weighted by atomic mass is 35.5. The van der Waals surface area contributed by atoms with Gasteiger partial charge < -0.3 is 5.32 Å². The van der Waals surface area contributed by atoms with Crippen LogP contribution < -0.4 is 5.32 Å². The van der Waals surface area contributed by atoms with Crippen molar-refractivity contribution >= 4 is 34.7 Å². The Labute approximate surface area is 113 Å². The standard InChI is InChI=1S/C13H18Cl2N2/c1-4-5-9(2)13(16-3)17-10-6-7-11(14)12(15)8-10/h6-9H,4-5H2,1-3H3,(H,16,17)/t9-/m1/s1. The molecule has 1 aromatic carbocycles. The van der Waals surface area contributed by atoms with Gasteiger partial charge in [-0.05, 0) is 24.6 Å². The number of benzene rings is 1. The van der Waals surface area contributed by atoms with Gasteiger partial charge in [-0.2, -0.15) is 0 Å². The quantitative estimate of drug-likeness (QED) is 0.614. The van der Waals surface area contributed by atoms with Crippen LogP contribution in [0.25, 0.3) is 0 Å². The van der Waals surface area contributed by atoms with Gasteiger partial charge in [-0.3, -0.25) is 4.99 Å². The van der Waals surface area contributed by atoms with Crippen molar-refractivity contribution in [3.63, 3.8) is 0 Å². The number of anilines is 1. The van der Waals surface area contributed by atoms with E-state index in [2.05, 4.69) is 24.2 Å². The number of nitrogens with zero attached hydrogens (tertiary/aromatic N) is 1. The summed E-state index contributed by atoms with van der Waals surface area (Å²) in [7, 11) is 1.80. The first kappa shape index (κ1) is 14.3. The molecule has 1 atom stereocenters. The Hall–Kier alpha value is -0.730. The van der Waals surface area contributed by atoms with Gasteiger partial charge in [0.15, 0.2) is 0 Å². The SMILES string of the molecule is CCC[C@@H](C)C(=NC)Nc1ccc(Cl)c(Cl)c1. The number of amidine groups is 1. The largest absolute Gasteiger partial charge is 0.344 e. The number of halogens is 2. The molecule has 0 fully saturated rings. The van der Waals surface area contributed by atoms with Gasteiger partial charge in [0.1, 0.15) is 5.84 Å². The van der Waals surface area contributed by atoms with Crippen LogP contribution in [0, 0.1) is 5.92 Å². The van der Waals surface area contributed by atoms with Gasteiger partial charge >= 0.3 is 0 Å². The fourth-order valence-corrected chi connectivity index (χ4v) is 1.99. The molecule has 0 spiro atoms. The summed E-state index contributed by atoms with van der Waals surface area (Å²) < 4.78 is 0. The average Bonchev–Trinajstić information content (AvgIpc) is 2.30. The second kappa shape index (κ2) is 6.87. The second-order valence-corrected chi connectivity index (χ2v) is 4.87. The first-order chi connectivity index (χ1) is 8.08. The zero-order valence-corrected chi connectivity index (χ0v) is 11.9. The molecule has 2 nitrogen and oxygen atoms in total. The molecule has 0 saturated carbocycles. The van der Waals surface area contributed by atoms with E-state index in [-0.39, 0.29) is 0 Å². The molecule has 0 aliphatic heterocycles. The zero-order chi connectivity index (χ0) is 12.8. The highest BCUT2D eigenvalue weighted by molar-refractivity contribution is 6.42. The van der Waals surface area contributed by atoms with E-state index < -0.39 is 0 Å². The Bertz CT molecular complexity index is 402. The van der Waals surface area contributed by atoms with Gasteiger partial charge in [0.05, 0.1) is 10.0 Å². The Kier molecular flexibility index (Phi) is 5.79. The van der Waals surface area contributed by atoms with Crippen LogP contribution in [0.5, 0.6) is 0 Å². The van der Waals surface area contributed by atoms with Crippen molar-refractivity contribution in [2.75, 3.05) is 12.4 Å². The van der Waals surface area contributed by atoms with E-state index in [1.807, 2.05) is 12.1 Å². The highest BCUT2D eigenvalue weighted by Crippen LogP contribution is 2.25. The lowest BCUT2D eigenvalue weighted by atomic mass is 10.0. The maximum atomic E-state index is 5.97. The summed E-state index contributed by atoms with van der Waals surface area (Å²) in [6, 6.07) is 5.50. The minimum atomic E-state index is 0.416. The summed E-state index contributed by atoms with van der Waals surface area (Å²) in [5.41, 5.74) is 0.919. The fraction of sp³-hybridized carbons (Fsp3) is 0.462. The molecule has 1 aromatic rings. The zero-order valence-electron chi connectivity index (χ0n) is 10.4. The van der Waals surface area contributed by atoms with Crippen molar-refractivity contribution < 1.29 is 0 Å². The van der Waals surface area contributed by atoms with Gasteiger partial charge in [0, 0.05) is 18.7 Å². The number of hydrogen-bond acceptors (Lipinski definition) is 1. The minimum absolute atomic E-state index is 0.416. The van der Waals surface area contributed by atoms with Crippen molar-refractivity contribution in [1.29, 1.82) is 0 Å². The van der Waals surface area contributed by atoms with Crippen LogP contribution in [0.1, 0.15) is 26.7 Å². The van der Waals surface area contributed by atoms with Crippen LogP contribution in [0.4, 0.5) is 5.69 Å². The van der Waals surface area contributed by atoms with Crippen LogP contribution in [0.3, 0.4) is 0 Å². The molecular formula is C13H18Cl2N2. The van der Waals surface area contributed by atoms with Crippen LogP contribution in [-0.4, -0.2) is 12.9 Å². The van der Waals surface area contributed by atoms with Gasteiger partial charge in [-0.1, -0.05) is 43.5 Å². The molecule has 17 heavy (non-hydrogen) atoms. The third-order valence-corrected chi connectivity index (χ3v) is 3.36. The number of rotatable bonds is 4. The third kappa shape index (κ3) is 4.21. The van der Waals surface area contributed by atoms with Gasteiger partial charge in [-0.15, -0.1) is 0 Å². The van der Waals surface area contributed by atoms with Crippen molar-refractivity contribution in [2.45, 2.75) is 26.7 Å². The normalized spacial score (nSPS) is 13.6. The van der Waals surface area contributed by atoms with Gasteiger partial charge in [0.25, 0.3) is 0 Å². The van der Waals surface area contributed by atoms with Crippen molar-refractivity contribution in [1.82, 2.24) is 0 Å². The van der Waals surface area contributed by atoms with Crippen molar-refractivity contribution in [2.24, 2.45) is 10.9 Å². The molecule has 0 bridgehead atoms. The molecular weight excluding hydrogens is 255 g/mol. The monoisotopic (exact) mass is 272 g/mol. The Balaban J connectivity index is 2.78. The van der Waals surface area contributed by atoms with Crippen LogP contribution >= 0.6 is 23.2 Å². The molecule has 94 valence electrons. The molecule has 0 heterocycles. The first-order valence-corrected chi connectivity index (χ1v) is 6.52. The van der Waals surface area contributed by atoms with E-state index in [4.69, 9.17) is 23.2 Å². The van der Waals surface area contributed by atoms with Crippen LogP contribution in [0.15, 0.2) is 23.2 Å². The van der Waals surface area contributed by atoms with E-state index in [9.17, 15) is 0 Å². The number of hydrogen-bond donors (Lipinski definition) is 1. The lowest BCUT2D eigenvalue weighted by Gasteiger charge is -2.16. The molecule has 4 heteroatoms. The summed E-state index contributed by atoms with van der Waals surface area (Å²) in [6.45, 7) is 4.33. The molecule has 0 aliphatic rings. The average molecular weight is 273 g/mol. The van der Waals surface area contributed by atoms with Crippen molar-refractivity contribution in [3.8, 4) is 0 Å². The molecule has 0 amide bonds. The van der Waals surface area contributed by atoms with Crippen LogP contribution in [-0.2, 0) is 0 Å². The van der Waals surface area contributed by atoms with E-state index in [1.165, 1.54) is 0 Å². The Morgan fingerprint density at radius 2 is 2.06 bits per heavy atom. The Morgan fingerprint density at radius 1 is 1.35 bits per heavy atom. The van der Waals surface area contributed by atoms with Gasteiger partial charge in [0.2, 0.25) is 0 Å². The molecule has 0 unspecified atom stereocenters. The summed E-state index contributed by atoms with van der Waals surface area (Å²) >= 11 is 11.8. The molecule has 0 saturated heterocycles. The molecule has 0 aliphatic carbocycles. The molecule has 1 N–H and O–H groups in total. The predicted octanol–water partition coefficient (Wildman–Crippen LogP) is 4.87. The Morgan fingerprint density at radius 3 is 2.59 bits per heavy atom. The topological polar surface area (TPSA) is 24.4 Å². The summed E-state index contributed by atoms with van der Waals surface area (Å²) in [5.74, 6) is 1.39. The fourth-order valence-electron chi connectivity index (χ4n) is 1.69. The van der Waals surface area contributed by atoms with E-state index >= 15 is 0 Å². The molecule has 1 rings (SSSR count). The summed E-state index contributed by atoms with van der Waals surface area (Å²) in [4.78, 5) is 4.28. The second-order valence-electron chi connectivity index (χ2n) is 4.05. The molecule has 0 radical (unpaired) electrons.